The molecular formula is C16H30N4O2S2. The van der Waals surface area contributed by atoms with E-state index < -0.39 is 10.2 Å². The van der Waals surface area contributed by atoms with Crippen LogP contribution >= 0.6 is 11.3 Å². The van der Waals surface area contributed by atoms with Gasteiger partial charge in [-0.05, 0) is 12.8 Å². The van der Waals surface area contributed by atoms with Crippen molar-refractivity contribution < 1.29 is 8.42 Å². The molecule has 0 aliphatic carbocycles. The first-order valence-electron chi connectivity index (χ1n) is 8.92. The summed E-state index contributed by atoms with van der Waals surface area (Å²) >= 11 is 1.74. The second-order valence-corrected chi connectivity index (χ2v) is 8.97. The summed E-state index contributed by atoms with van der Waals surface area (Å²) in [4.78, 5) is 7.00. The van der Waals surface area contributed by atoms with Crippen molar-refractivity contribution in [2.24, 2.45) is 0 Å². The van der Waals surface area contributed by atoms with Crippen molar-refractivity contribution >= 4 is 21.5 Å². The Morgan fingerprint density at radius 2 is 1.83 bits per heavy atom. The normalized spacial score (nSPS) is 17.7. The summed E-state index contributed by atoms with van der Waals surface area (Å²) in [6.45, 7) is 10.5. The van der Waals surface area contributed by atoms with Gasteiger partial charge in [-0.1, -0.05) is 27.2 Å². The fourth-order valence-electron chi connectivity index (χ4n) is 2.93. The summed E-state index contributed by atoms with van der Waals surface area (Å²) < 4.78 is 28.2. The smallest absolute Gasteiger partial charge is 0.282 e. The molecule has 0 radical (unpaired) electrons. The highest BCUT2D eigenvalue weighted by atomic mass is 32.2. The third-order valence-corrected chi connectivity index (χ3v) is 7.56. The van der Waals surface area contributed by atoms with Gasteiger partial charge in [0.05, 0.1) is 10.7 Å². The molecule has 24 heavy (non-hydrogen) atoms. The highest BCUT2D eigenvalue weighted by Crippen LogP contribution is 2.17. The molecule has 1 aliphatic heterocycles. The quantitative estimate of drug-likeness (QED) is 0.665. The van der Waals surface area contributed by atoms with E-state index in [1.807, 2.05) is 13.8 Å². The van der Waals surface area contributed by atoms with Crippen LogP contribution in [0.25, 0.3) is 0 Å². The van der Waals surface area contributed by atoms with E-state index >= 15 is 0 Å². The fourth-order valence-corrected chi connectivity index (χ4v) is 5.36. The van der Waals surface area contributed by atoms with E-state index in [2.05, 4.69) is 17.2 Å². The van der Waals surface area contributed by atoms with E-state index in [0.29, 0.717) is 26.2 Å². The molecule has 0 saturated carbocycles. The van der Waals surface area contributed by atoms with Crippen LogP contribution < -0.4 is 0 Å². The molecule has 1 aromatic rings. The molecule has 0 amide bonds. The third-order valence-electron chi connectivity index (χ3n) is 4.42. The van der Waals surface area contributed by atoms with E-state index in [-0.39, 0.29) is 0 Å². The molecule has 1 fully saturated rings. The fraction of sp³-hybridized carbons (Fsp3) is 0.812. The van der Waals surface area contributed by atoms with Crippen molar-refractivity contribution in [3.05, 3.63) is 16.1 Å². The number of aryl methyl sites for hydroxylation is 1. The minimum atomic E-state index is -3.30. The summed E-state index contributed by atoms with van der Waals surface area (Å²) in [5.41, 5.74) is 1.12. The maximum absolute atomic E-state index is 12.5. The Hall–Kier alpha value is -0.540. The highest BCUT2D eigenvalue weighted by molar-refractivity contribution is 7.86. The van der Waals surface area contributed by atoms with Crippen LogP contribution in [0, 0.1) is 0 Å². The van der Waals surface area contributed by atoms with Gasteiger partial charge in [-0.25, -0.2) is 4.98 Å². The molecule has 0 bridgehead atoms. The van der Waals surface area contributed by atoms with Gasteiger partial charge in [0.1, 0.15) is 0 Å². The predicted octanol–water partition coefficient (Wildman–Crippen LogP) is 2.19. The number of piperazine rings is 1. The molecule has 8 heteroatoms. The third kappa shape index (κ3) is 4.98. The Bertz CT molecular complexity index is 591. The van der Waals surface area contributed by atoms with Gasteiger partial charge in [0.25, 0.3) is 10.2 Å². The van der Waals surface area contributed by atoms with Gasteiger partial charge in [-0.2, -0.15) is 17.0 Å². The Balaban J connectivity index is 1.85. The number of rotatable bonds is 9. The predicted molar refractivity (Wildman–Crippen MR) is 99.4 cm³/mol. The van der Waals surface area contributed by atoms with Crippen molar-refractivity contribution in [1.29, 1.82) is 0 Å². The zero-order chi connectivity index (χ0) is 17.6. The molecule has 0 N–H and O–H groups in total. The van der Waals surface area contributed by atoms with Gasteiger partial charge < -0.3 is 0 Å². The summed E-state index contributed by atoms with van der Waals surface area (Å²) in [6, 6.07) is 0. The topological polar surface area (TPSA) is 56.8 Å². The molecule has 2 heterocycles. The Kier molecular flexibility index (Phi) is 7.61. The second-order valence-electron chi connectivity index (χ2n) is 6.10. The van der Waals surface area contributed by atoms with Gasteiger partial charge in [-0.3, -0.25) is 4.90 Å². The monoisotopic (exact) mass is 374 g/mol. The number of unbranched alkanes of at least 4 members (excludes halogenated alkanes) is 1. The lowest BCUT2D eigenvalue weighted by Gasteiger charge is -2.36. The lowest BCUT2D eigenvalue weighted by atomic mass is 10.3. The summed E-state index contributed by atoms with van der Waals surface area (Å²) in [5, 5.41) is 3.36. The largest absolute Gasteiger partial charge is 0.295 e. The SMILES string of the molecule is CCCCc1nc(CN2CCN(S(=O)(=O)N(CC)CC)CC2)cs1. The first-order valence-corrected chi connectivity index (χ1v) is 11.2. The van der Waals surface area contributed by atoms with Gasteiger partial charge >= 0.3 is 0 Å². The van der Waals surface area contributed by atoms with Crippen LogP contribution in [-0.2, 0) is 23.2 Å². The number of hydrogen-bond donors (Lipinski definition) is 0. The van der Waals surface area contributed by atoms with Gasteiger partial charge in [0.15, 0.2) is 0 Å². The summed E-state index contributed by atoms with van der Waals surface area (Å²) in [5.74, 6) is 0. The molecule has 0 unspecified atom stereocenters. The molecule has 6 nitrogen and oxygen atoms in total. The molecule has 2 rings (SSSR count). The maximum Gasteiger partial charge on any atom is 0.282 e. The minimum Gasteiger partial charge on any atom is -0.295 e. The van der Waals surface area contributed by atoms with Gasteiger partial charge in [0, 0.05) is 51.2 Å². The van der Waals surface area contributed by atoms with E-state index in [1.165, 1.54) is 22.2 Å². The lowest BCUT2D eigenvalue weighted by molar-refractivity contribution is 0.174. The number of aromatic nitrogens is 1. The molecule has 0 spiro atoms. The average Bonchev–Trinajstić information content (AvgIpc) is 3.01. The zero-order valence-electron chi connectivity index (χ0n) is 15.1. The summed E-state index contributed by atoms with van der Waals surface area (Å²) in [6.07, 6.45) is 3.45. The molecule has 1 saturated heterocycles. The Morgan fingerprint density at radius 3 is 2.42 bits per heavy atom. The standard InChI is InChI=1S/C16H30N4O2S2/c1-4-7-8-16-17-15(14-23-16)13-18-9-11-20(12-10-18)24(21,22)19(5-2)6-3/h14H,4-13H2,1-3H3. The first kappa shape index (κ1) is 19.8. The summed E-state index contributed by atoms with van der Waals surface area (Å²) in [7, 11) is -3.30. The van der Waals surface area contributed by atoms with E-state index in [9.17, 15) is 8.42 Å². The van der Waals surface area contributed by atoms with E-state index in [4.69, 9.17) is 4.98 Å². The average molecular weight is 375 g/mol. The van der Waals surface area contributed by atoms with Crippen LogP contribution in [0.2, 0.25) is 0 Å². The van der Waals surface area contributed by atoms with Crippen molar-refractivity contribution in [2.45, 2.75) is 46.6 Å². The van der Waals surface area contributed by atoms with E-state index in [1.54, 1.807) is 15.6 Å². The molecule has 0 atom stereocenters. The van der Waals surface area contributed by atoms with E-state index in [0.717, 1.165) is 31.7 Å². The second kappa shape index (κ2) is 9.24. The number of hydrogen-bond acceptors (Lipinski definition) is 5. The molecule has 1 aromatic heterocycles. The molecule has 138 valence electrons. The molecular weight excluding hydrogens is 344 g/mol. The van der Waals surface area contributed by atoms with Crippen LogP contribution in [-0.4, -0.2) is 66.2 Å². The minimum absolute atomic E-state index is 0.526. The highest BCUT2D eigenvalue weighted by Gasteiger charge is 2.30. The molecule has 0 aromatic carbocycles. The van der Waals surface area contributed by atoms with Crippen molar-refractivity contribution in [2.75, 3.05) is 39.3 Å². The van der Waals surface area contributed by atoms with Gasteiger partial charge in [-0.15, -0.1) is 11.3 Å². The van der Waals surface area contributed by atoms with Crippen LogP contribution in [0.15, 0.2) is 5.38 Å². The van der Waals surface area contributed by atoms with Gasteiger partial charge in [0.2, 0.25) is 0 Å². The number of thiazole rings is 1. The maximum atomic E-state index is 12.5. The van der Waals surface area contributed by atoms with Crippen molar-refractivity contribution in [3.63, 3.8) is 0 Å². The Morgan fingerprint density at radius 1 is 1.17 bits per heavy atom. The van der Waals surface area contributed by atoms with Crippen molar-refractivity contribution in [3.8, 4) is 0 Å². The zero-order valence-corrected chi connectivity index (χ0v) is 16.7. The lowest BCUT2D eigenvalue weighted by Crippen LogP contribution is -2.52. The van der Waals surface area contributed by atoms with Crippen LogP contribution in [0.1, 0.15) is 44.3 Å². The first-order chi connectivity index (χ1) is 11.5. The van der Waals surface area contributed by atoms with Crippen molar-refractivity contribution in [1.82, 2.24) is 18.5 Å². The van der Waals surface area contributed by atoms with Crippen LogP contribution in [0.3, 0.4) is 0 Å². The Labute approximate surface area is 150 Å². The molecule has 1 aliphatic rings. The van der Waals surface area contributed by atoms with Crippen LogP contribution in [0.4, 0.5) is 0 Å². The number of nitrogens with zero attached hydrogens (tertiary/aromatic N) is 4. The van der Waals surface area contributed by atoms with Crippen LogP contribution in [0.5, 0.6) is 0 Å².